The SMILES string of the molecule is CCN(CCOCC=Cc1ccccc1)c1ccccc1. The number of benzene rings is 2. The molecule has 2 rings (SSSR count). The average Bonchev–Trinajstić information content (AvgIpc) is 2.56. The van der Waals surface area contributed by atoms with Crippen molar-refractivity contribution in [2.24, 2.45) is 0 Å². The fourth-order valence-electron chi connectivity index (χ4n) is 2.18. The first kappa shape index (κ1) is 15.3. The molecule has 0 aliphatic carbocycles. The van der Waals surface area contributed by atoms with Crippen LogP contribution in [-0.2, 0) is 4.74 Å². The quantitative estimate of drug-likeness (QED) is 0.671. The largest absolute Gasteiger partial charge is 0.376 e. The first-order valence-electron chi connectivity index (χ1n) is 7.49. The fraction of sp³-hybridized carbons (Fsp3) is 0.263. The first-order valence-corrected chi connectivity index (χ1v) is 7.49. The third-order valence-electron chi connectivity index (χ3n) is 3.33. The number of hydrogen-bond acceptors (Lipinski definition) is 2. The predicted molar refractivity (Wildman–Crippen MR) is 90.6 cm³/mol. The Morgan fingerprint density at radius 1 is 0.952 bits per heavy atom. The molecular formula is C19H23NO. The molecule has 21 heavy (non-hydrogen) atoms. The van der Waals surface area contributed by atoms with Crippen molar-refractivity contribution < 1.29 is 4.74 Å². The molecule has 0 spiro atoms. The molecule has 2 aromatic rings. The second-order valence-corrected chi connectivity index (χ2v) is 4.80. The summed E-state index contributed by atoms with van der Waals surface area (Å²) in [6, 6.07) is 20.7. The third kappa shape index (κ3) is 5.44. The van der Waals surface area contributed by atoms with Gasteiger partial charge in [0.25, 0.3) is 0 Å². The molecule has 2 heteroatoms. The highest BCUT2D eigenvalue weighted by Crippen LogP contribution is 2.12. The summed E-state index contributed by atoms with van der Waals surface area (Å²) in [6.45, 7) is 5.47. The van der Waals surface area contributed by atoms with E-state index >= 15 is 0 Å². The van der Waals surface area contributed by atoms with E-state index in [0.29, 0.717) is 6.61 Å². The molecular weight excluding hydrogens is 258 g/mol. The molecule has 0 bridgehead atoms. The van der Waals surface area contributed by atoms with Gasteiger partial charge < -0.3 is 9.64 Å². The number of para-hydroxylation sites is 1. The fourth-order valence-corrected chi connectivity index (χ4v) is 2.18. The third-order valence-corrected chi connectivity index (χ3v) is 3.33. The Bertz CT molecular complexity index is 522. The van der Waals surface area contributed by atoms with Crippen molar-refractivity contribution in [2.45, 2.75) is 6.92 Å². The van der Waals surface area contributed by atoms with Crippen LogP contribution in [0.4, 0.5) is 5.69 Å². The Hall–Kier alpha value is -2.06. The Kier molecular flexibility index (Phi) is 6.56. The lowest BCUT2D eigenvalue weighted by atomic mass is 10.2. The van der Waals surface area contributed by atoms with Crippen molar-refractivity contribution in [3.63, 3.8) is 0 Å². The van der Waals surface area contributed by atoms with E-state index in [-0.39, 0.29) is 0 Å². The summed E-state index contributed by atoms with van der Waals surface area (Å²) in [5.74, 6) is 0. The molecule has 0 saturated carbocycles. The van der Waals surface area contributed by atoms with Gasteiger partial charge in [0.1, 0.15) is 0 Å². The van der Waals surface area contributed by atoms with Crippen LogP contribution in [0.1, 0.15) is 12.5 Å². The van der Waals surface area contributed by atoms with Crippen LogP contribution in [0, 0.1) is 0 Å². The van der Waals surface area contributed by atoms with Crippen LogP contribution < -0.4 is 4.90 Å². The first-order chi connectivity index (χ1) is 10.4. The van der Waals surface area contributed by atoms with E-state index in [9.17, 15) is 0 Å². The molecule has 0 aliphatic heterocycles. The molecule has 2 nitrogen and oxygen atoms in total. The number of likely N-dealkylation sites (N-methyl/N-ethyl adjacent to an activating group) is 1. The lowest BCUT2D eigenvalue weighted by Gasteiger charge is -2.22. The van der Waals surface area contributed by atoms with E-state index in [1.54, 1.807) is 0 Å². The Balaban J connectivity index is 1.68. The molecule has 0 N–H and O–H groups in total. The van der Waals surface area contributed by atoms with Crippen LogP contribution in [0.5, 0.6) is 0 Å². The smallest absolute Gasteiger partial charge is 0.0651 e. The van der Waals surface area contributed by atoms with Gasteiger partial charge in [0.2, 0.25) is 0 Å². The van der Waals surface area contributed by atoms with Gasteiger partial charge in [0.05, 0.1) is 13.2 Å². The number of nitrogens with zero attached hydrogens (tertiary/aromatic N) is 1. The maximum Gasteiger partial charge on any atom is 0.0651 e. The lowest BCUT2D eigenvalue weighted by Crippen LogP contribution is -2.27. The Morgan fingerprint density at radius 2 is 1.62 bits per heavy atom. The van der Waals surface area contributed by atoms with Gasteiger partial charge in [-0.2, -0.15) is 0 Å². The van der Waals surface area contributed by atoms with E-state index in [2.05, 4.69) is 60.4 Å². The molecule has 0 aliphatic rings. The number of ether oxygens (including phenoxy) is 1. The summed E-state index contributed by atoms with van der Waals surface area (Å²) in [4.78, 5) is 2.32. The summed E-state index contributed by atoms with van der Waals surface area (Å²) in [7, 11) is 0. The predicted octanol–water partition coefficient (Wildman–Crippen LogP) is 4.24. The van der Waals surface area contributed by atoms with E-state index in [1.165, 1.54) is 11.3 Å². The second kappa shape index (κ2) is 8.98. The Labute approximate surface area is 127 Å². The minimum absolute atomic E-state index is 0.654. The van der Waals surface area contributed by atoms with Gasteiger partial charge in [-0.3, -0.25) is 0 Å². The van der Waals surface area contributed by atoms with Crippen molar-refractivity contribution in [1.29, 1.82) is 0 Å². The molecule has 0 fully saturated rings. The highest BCUT2D eigenvalue weighted by Gasteiger charge is 2.02. The van der Waals surface area contributed by atoms with E-state index < -0.39 is 0 Å². The minimum atomic E-state index is 0.654. The molecule has 0 radical (unpaired) electrons. The maximum atomic E-state index is 5.68. The van der Waals surface area contributed by atoms with E-state index in [1.807, 2.05) is 24.3 Å². The highest BCUT2D eigenvalue weighted by atomic mass is 16.5. The number of rotatable bonds is 8. The van der Waals surface area contributed by atoms with Crippen LogP contribution in [0.3, 0.4) is 0 Å². The summed E-state index contributed by atoms with van der Waals surface area (Å²) in [5, 5.41) is 0. The molecule has 0 unspecified atom stereocenters. The van der Waals surface area contributed by atoms with Crippen LogP contribution in [0.2, 0.25) is 0 Å². The van der Waals surface area contributed by atoms with E-state index in [0.717, 1.165) is 19.7 Å². The van der Waals surface area contributed by atoms with Gasteiger partial charge in [-0.1, -0.05) is 60.7 Å². The summed E-state index contributed by atoms with van der Waals surface area (Å²) in [5.41, 5.74) is 2.46. The normalized spacial score (nSPS) is 10.9. The van der Waals surface area contributed by atoms with Crippen LogP contribution in [0.15, 0.2) is 66.7 Å². The summed E-state index contributed by atoms with van der Waals surface area (Å²) >= 11 is 0. The van der Waals surface area contributed by atoms with Crippen molar-refractivity contribution in [2.75, 3.05) is 31.2 Å². The molecule has 0 atom stereocenters. The number of hydrogen-bond donors (Lipinski definition) is 0. The maximum absolute atomic E-state index is 5.68. The lowest BCUT2D eigenvalue weighted by molar-refractivity contribution is 0.169. The summed E-state index contributed by atoms with van der Waals surface area (Å²) < 4.78 is 5.68. The molecule has 110 valence electrons. The van der Waals surface area contributed by atoms with Crippen molar-refractivity contribution >= 4 is 11.8 Å². The molecule has 0 aromatic heterocycles. The van der Waals surface area contributed by atoms with Gasteiger partial charge in [-0.25, -0.2) is 0 Å². The van der Waals surface area contributed by atoms with Crippen LogP contribution in [0.25, 0.3) is 6.08 Å². The van der Waals surface area contributed by atoms with E-state index in [4.69, 9.17) is 4.74 Å². The second-order valence-electron chi connectivity index (χ2n) is 4.80. The molecule has 0 heterocycles. The Morgan fingerprint density at radius 3 is 2.29 bits per heavy atom. The summed E-state index contributed by atoms with van der Waals surface area (Å²) in [6.07, 6.45) is 4.16. The zero-order chi connectivity index (χ0) is 14.8. The van der Waals surface area contributed by atoms with Gasteiger partial charge in [-0.15, -0.1) is 0 Å². The monoisotopic (exact) mass is 281 g/mol. The standard InChI is InChI=1S/C19H23NO/c1-2-20(19-13-7-4-8-14-19)15-17-21-16-9-12-18-10-5-3-6-11-18/h3-14H,2,15-17H2,1H3. The minimum Gasteiger partial charge on any atom is -0.376 e. The van der Waals surface area contributed by atoms with Gasteiger partial charge >= 0.3 is 0 Å². The van der Waals surface area contributed by atoms with Crippen molar-refractivity contribution in [1.82, 2.24) is 0 Å². The van der Waals surface area contributed by atoms with Crippen molar-refractivity contribution in [3.8, 4) is 0 Å². The zero-order valence-electron chi connectivity index (χ0n) is 12.6. The van der Waals surface area contributed by atoms with Gasteiger partial charge in [-0.05, 0) is 24.6 Å². The number of anilines is 1. The molecule has 0 saturated heterocycles. The van der Waals surface area contributed by atoms with Gasteiger partial charge in [0.15, 0.2) is 0 Å². The average molecular weight is 281 g/mol. The van der Waals surface area contributed by atoms with Crippen molar-refractivity contribution in [3.05, 3.63) is 72.3 Å². The highest BCUT2D eigenvalue weighted by molar-refractivity contribution is 5.48. The molecule has 0 amide bonds. The molecule has 2 aromatic carbocycles. The zero-order valence-corrected chi connectivity index (χ0v) is 12.6. The van der Waals surface area contributed by atoms with Gasteiger partial charge in [0, 0.05) is 18.8 Å². The topological polar surface area (TPSA) is 12.5 Å². The van der Waals surface area contributed by atoms with Crippen LogP contribution in [-0.4, -0.2) is 26.3 Å². The van der Waals surface area contributed by atoms with Crippen LogP contribution >= 0.6 is 0 Å².